The predicted molar refractivity (Wildman–Crippen MR) is 74.6 cm³/mol. The third kappa shape index (κ3) is 4.00. The molecule has 94 valence electrons. The minimum atomic E-state index is 0.726. The van der Waals surface area contributed by atoms with E-state index < -0.39 is 0 Å². The first-order valence-corrected chi connectivity index (χ1v) is 7.17. The van der Waals surface area contributed by atoms with Gasteiger partial charge in [-0.25, -0.2) is 0 Å². The van der Waals surface area contributed by atoms with Crippen molar-refractivity contribution in [2.75, 3.05) is 13.2 Å². The van der Waals surface area contributed by atoms with Gasteiger partial charge < -0.3 is 10.1 Å². The van der Waals surface area contributed by atoms with Crippen LogP contribution in [0.2, 0.25) is 0 Å². The summed E-state index contributed by atoms with van der Waals surface area (Å²) in [5.41, 5.74) is 1.19. The summed E-state index contributed by atoms with van der Waals surface area (Å²) in [5.74, 6) is 1.01. The smallest absolute Gasteiger partial charge is 0.122 e. The van der Waals surface area contributed by atoms with Crippen molar-refractivity contribution in [3.05, 3.63) is 28.2 Å². The number of halogens is 1. The summed E-state index contributed by atoms with van der Waals surface area (Å²) in [6.07, 6.45) is 5.03. The summed E-state index contributed by atoms with van der Waals surface area (Å²) in [6, 6.07) is 6.88. The van der Waals surface area contributed by atoms with E-state index in [1.165, 1.54) is 31.4 Å². The van der Waals surface area contributed by atoms with E-state index in [1.807, 2.05) is 12.1 Å². The standard InChI is InChI=1S/C14H20BrNO/c1-11-10-12(15)6-7-14(11)17-9-3-5-13-4-2-8-16-13/h6-7,10,13,16H,2-5,8-9H2,1H3. The molecular weight excluding hydrogens is 278 g/mol. The molecule has 1 aromatic carbocycles. The number of hydrogen-bond donors (Lipinski definition) is 1. The summed E-state index contributed by atoms with van der Waals surface area (Å²) in [7, 11) is 0. The minimum absolute atomic E-state index is 0.726. The first kappa shape index (κ1) is 12.9. The Labute approximate surface area is 112 Å². The summed E-state index contributed by atoms with van der Waals surface area (Å²) in [4.78, 5) is 0. The van der Waals surface area contributed by atoms with Crippen molar-refractivity contribution >= 4 is 15.9 Å². The molecule has 1 saturated heterocycles. The molecule has 0 radical (unpaired) electrons. The quantitative estimate of drug-likeness (QED) is 0.838. The van der Waals surface area contributed by atoms with Crippen LogP contribution in [0.15, 0.2) is 22.7 Å². The van der Waals surface area contributed by atoms with E-state index in [-0.39, 0.29) is 0 Å². The van der Waals surface area contributed by atoms with Gasteiger partial charge in [0.25, 0.3) is 0 Å². The zero-order valence-corrected chi connectivity index (χ0v) is 11.9. The molecule has 0 saturated carbocycles. The van der Waals surface area contributed by atoms with Crippen LogP contribution in [0, 0.1) is 6.92 Å². The lowest BCUT2D eigenvalue weighted by Crippen LogP contribution is -2.21. The summed E-state index contributed by atoms with van der Waals surface area (Å²) >= 11 is 3.46. The molecule has 17 heavy (non-hydrogen) atoms. The number of nitrogens with one attached hydrogen (secondary N) is 1. The lowest BCUT2D eigenvalue weighted by Gasteiger charge is -2.12. The number of hydrogen-bond acceptors (Lipinski definition) is 2. The van der Waals surface area contributed by atoms with Crippen LogP contribution in [0.4, 0.5) is 0 Å². The molecule has 2 nitrogen and oxygen atoms in total. The van der Waals surface area contributed by atoms with E-state index in [9.17, 15) is 0 Å². The van der Waals surface area contributed by atoms with E-state index in [2.05, 4.69) is 34.2 Å². The van der Waals surface area contributed by atoms with Gasteiger partial charge in [0.05, 0.1) is 6.61 Å². The van der Waals surface area contributed by atoms with Crippen LogP contribution in [0.1, 0.15) is 31.2 Å². The Bertz CT molecular complexity index is 361. The van der Waals surface area contributed by atoms with Gasteiger partial charge in [-0.1, -0.05) is 15.9 Å². The molecule has 1 fully saturated rings. The molecule has 0 aromatic heterocycles. The third-order valence-electron chi connectivity index (χ3n) is 3.25. The number of rotatable bonds is 5. The van der Waals surface area contributed by atoms with Gasteiger partial charge in [-0.3, -0.25) is 0 Å². The van der Waals surface area contributed by atoms with E-state index in [4.69, 9.17) is 4.74 Å². The Morgan fingerprint density at radius 2 is 2.35 bits per heavy atom. The van der Waals surface area contributed by atoms with Crippen molar-refractivity contribution < 1.29 is 4.74 Å². The molecule has 1 N–H and O–H groups in total. The van der Waals surface area contributed by atoms with Crippen LogP contribution in [0.5, 0.6) is 5.75 Å². The minimum Gasteiger partial charge on any atom is -0.493 e. The molecule has 1 aliphatic rings. The molecule has 2 rings (SSSR count). The second-order valence-electron chi connectivity index (χ2n) is 4.69. The maximum absolute atomic E-state index is 5.80. The van der Waals surface area contributed by atoms with E-state index in [0.717, 1.165) is 29.3 Å². The highest BCUT2D eigenvalue weighted by atomic mass is 79.9. The van der Waals surface area contributed by atoms with Gasteiger partial charge in [0.15, 0.2) is 0 Å². The fourth-order valence-corrected chi connectivity index (χ4v) is 2.77. The fraction of sp³-hybridized carbons (Fsp3) is 0.571. The lowest BCUT2D eigenvalue weighted by molar-refractivity contribution is 0.297. The zero-order chi connectivity index (χ0) is 12.1. The molecule has 0 bridgehead atoms. The van der Waals surface area contributed by atoms with Gasteiger partial charge in [0.2, 0.25) is 0 Å². The lowest BCUT2D eigenvalue weighted by atomic mass is 10.1. The van der Waals surface area contributed by atoms with Gasteiger partial charge in [-0.2, -0.15) is 0 Å². The van der Waals surface area contributed by atoms with Crippen molar-refractivity contribution in [2.45, 2.75) is 38.6 Å². The highest BCUT2D eigenvalue weighted by Crippen LogP contribution is 2.22. The Morgan fingerprint density at radius 1 is 1.47 bits per heavy atom. The summed E-state index contributed by atoms with van der Waals surface area (Å²) < 4.78 is 6.91. The van der Waals surface area contributed by atoms with Gasteiger partial charge in [-0.05, 0) is 62.9 Å². The topological polar surface area (TPSA) is 21.3 Å². The summed E-state index contributed by atoms with van der Waals surface area (Å²) in [6.45, 7) is 4.09. The molecule has 1 atom stereocenters. The first-order valence-electron chi connectivity index (χ1n) is 6.38. The molecule has 1 aromatic rings. The SMILES string of the molecule is Cc1cc(Br)ccc1OCCCC1CCCN1. The molecule has 0 aliphatic carbocycles. The van der Waals surface area contributed by atoms with Crippen molar-refractivity contribution in [2.24, 2.45) is 0 Å². The second kappa shape index (κ2) is 6.41. The fourth-order valence-electron chi connectivity index (χ4n) is 2.29. The van der Waals surface area contributed by atoms with Crippen LogP contribution in [-0.4, -0.2) is 19.2 Å². The van der Waals surface area contributed by atoms with Crippen molar-refractivity contribution in [3.63, 3.8) is 0 Å². The van der Waals surface area contributed by atoms with Crippen LogP contribution in [0.3, 0.4) is 0 Å². The predicted octanol–water partition coefficient (Wildman–Crippen LogP) is 3.67. The Morgan fingerprint density at radius 3 is 3.06 bits per heavy atom. The third-order valence-corrected chi connectivity index (χ3v) is 3.75. The van der Waals surface area contributed by atoms with E-state index >= 15 is 0 Å². The normalized spacial score (nSPS) is 19.5. The highest BCUT2D eigenvalue weighted by molar-refractivity contribution is 9.10. The van der Waals surface area contributed by atoms with Crippen LogP contribution in [0.25, 0.3) is 0 Å². The monoisotopic (exact) mass is 297 g/mol. The number of aryl methyl sites for hydroxylation is 1. The Hall–Kier alpha value is -0.540. The molecule has 1 aliphatic heterocycles. The van der Waals surface area contributed by atoms with Crippen LogP contribution >= 0.6 is 15.9 Å². The molecule has 1 unspecified atom stereocenters. The average molecular weight is 298 g/mol. The zero-order valence-electron chi connectivity index (χ0n) is 10.3. The summed E-state index contributed by atoms with van der Waals surface area (Å²) in [5, 5.41) is 3.51. The van der Waals surface area contributed by atoms with E-state index in [0.29, 0.717) is 0 Å². The van der Waals surface area contributed by atoms with E-state index in [1.54, 1.807) is 0 Å². The van der Waals surface area contributed by atoms with Crippen molar-refractivity contribution in [1.82, 2.24) is 5.32 Å². The van der Waals surface area contributed by atoms with Gasteiger partial charge in [0.1, 0.15) is 5.75 Å². The first-order chi connectivity index (χ1) is 8.25. The molecule has 1 heterocycles. The maximum Gasteiger partial charge on any atom is 0.122 e. The van der Waals surface area contributed by atoms with Crippen LogP contribution in [-0.2, 0) is 0 Å². The molecule has 3 heteroatoms. The largest absolute Gasteiger partial charge is 0.493 e. The van der Waals surface area contributed by atoms with Crippen LogP contribution < -0.4 is 10.1 Å². The van der Waals surface area contributed by atoms with Crippen molar-refractivity contribution in [3.8, 4) is 5.75 Å². The molecule has 0 spiro atoms. The Balaban J connectivity index is 1.70. The van der Waals surface area contributed by atoms with Gasteiger partial charge in [0, 0.05) is 10.5 Å². The average Bonchev–Trinajstić information content (AvgIpc) is 2.79. The molecule has 0 amide bonds. The van der Waals surface area contributed by atoms with Gasteiger partial charge in [-0.15, -0.1) is 0 Å². The number of ether oxygens (including phenoxy) is 1. The van der Waals surface area contributed by atoms with Gasteiger partial charge >= 0.3 is 0 Å². The molecular formula is C14H20BrNO. The number of benzene rings is 1. The highest BCUT2D eigenvalue weighted by Gasteiger charge is 2.12. The van der Waals surface area contributed by atoms with Crippen molar-refractivity contribution in [1.29, 1.82) is 0 Å². The second-order valence-corrected chi connectivity index (χ2v) is 5.61. The Kier molecular flexibility index (Phi) is 4.86. The maximum atomic E-state index is 5.80.